The van der Waals surface area contributed by atoms with Gasteiger partial charge in [-0.25, -0.2) is 0 Å². The average Bonchev–Trinajstić information content (AvgIpc) is 2.70. The number of aliphatic hydroxyl groups excluding tert-OH is 1. The van der Waals surface area contributed by atoms with Crippen LogP contribution in [0.3, 0.4) is 0 Å². The summed E-state index contributed by atoms with van der Waals surface area (Å²) in [5.41, 5.74) is 9.26. The van der Waals surface area contributed by atoms with Gasteiger partial charge in [-0.05, 0) is 37.6 Å². The minimum absolute atomic E-state index is 0.521. The Labute approximate surface area is 107 Å². The van der Waals surface area contributed by atoms with Crippen LogP contribution >= 0.6 is 0 Å². The SMILES string of the molecule is CCn1nc(C)cc1CC(O)c1ccc(N)cc1. The lowest BCUT2D eigenvalue weighted by atomic mass is 10.0. The number of nitrogen functional groups attached to an aromatic ring is 1. The van der Waals surface area contributed by atoms with E-state index in [1.54, 1.807) is 12.1 Å². The molecule has 1 aromatic carbocycles. The van der Waals surface area contributed by atoms with Crippen molar-refractivity contribution in [1.29, 1.82) is 0 Å². The third-order valence-corrected chi connectivity index (χ3v) is 3.01. The van der Waals surface area contributed by atoms with Gasteiger partial charge in [0.2, 0.25) is 0 Å². The second-order valence-electron chi connectivity index (χ2n) is 4.48. The van der Waals surface area contributed by atoms with Crippen molar-refractivity contribution in [2.45, 2.75) is 32.9 Å². The van der Waals surface area contributed by atoms with E-state index >= 15 is 0 Å². The van der Waals surface area contributed by atoms with Crippen molar-refractivity contribution in [1.82, 2.24) is 9.78 Å². The quantitative estimate of drug-likeness (QED) is 0.810. The van der Waals surface area contributed by atoms with E-state index in [1.165, 1.54) is 0 Å². The van der Waals surface area contributed by atoms with Crippen molar-refractivity contribution < 1.29 is 5.11 Å². The maximum absolute atomic E-state index is 10.2. The first-order valence-corrected chi connectivity index (χ1v) is 6.17. The lowest BCUT2D eigenvalue weighted by Crippen LogP contribution is -2.08. The molecule has 0 aliphatic carbocycles. The molecule has 1 atom stereocenters. The van der Waals surface area contributed by atoms with Gasteiger partial charge in [0.15, 0.2) is 0 Å². The standard InChI is InChI=1S/C14H19N3O/c1-3-17-13(8-10(2)16-17)9-14(18)11-4-6-12(15)7-5-11/h4-8,14,18H,3,9,15H2,1-2H3. The number of anilines is 1. The molecule has 3 N–H and O–H groups in total. The summed E-state index contributed by atoms with van der Waals surface area (Å²) in [6, 6.07) is 9.35. The topological polar surface area (TPSA) is 64.1 Å². The zero-order valence-electron chi connectivity index (χ0n) is 10.8. The second-order valence-corrected chi connectivity index (χ2v) is 4.48. The molecule has 0 amide bonds. The number of aliphatic hydroxyl groups is 1. The van der Waals surface area contributed by atoms with Crippen LogP contribution in [0.4, 0.5) is 5.69 Å². The summed E-state index contributed by atoms with van der Waals surface area (Å²) in [7, 11) is 0. The van der Waals surface area contributed by atoms with Crippen LogP contribution in [0.1, 0.15) is 30.0 Å². The number of aromatic nitrogens is 2. The van der Waals surface area contributed by atoms with E-state index in [9.17, 15) is 5.11 Å². The molecule has 0 radical (unpaired) electrons. The molecule has 2 rings (SSSR count). The third-order valence-electron chi connectivity index (χ3n) is 3.01. The molecule has 0 spiro atoms. The van der Waals surface area contributed by atoms with Crippen LogP contribution < -0.4 is 5.73 Å². The number of nitrogens with zero attached hydrogens (tertiary/aromatic N) is 2. The number of rotatable bonds is 4. The van der Waals surface area contributed by atoms with Crippen molar-refractivity contribution in [2.24, 2.45) is 0 Å². The molecule has 0 aliphatic rings. The molecule has 1 heterocycles. The Morgan fingerprint density at radius 2 is 2.00 bits per heavy atom. The Bertz CT molecular complexity index is 516. The van der Waals surface area contributed by atoms with Crippen molar-refractivity contribution in [3.05, 3.63) is 47.3 Å². The largest absolute Gasteiger partial charge is 0.399 e. The first kappa shape index (κ1) is 12.6. The lowest BCUT2D eigenvalue weighted by Gasteiger charge is -2.12. The third kappa shape index (κ3) is 2.71. The van der Waals surface area contributed by atoms with Gasteiger partial charge in [-0.15, -0.1) is 0 Å². The summed E-state index contributed by atoms with van der Waals surface area (Å²) >= 11 is 0. The van der Waals surface area contributed by atoms with E-state index < -0.39 is 6.10 Å². The van der Waals surface area contributed by atoms with Gasteiger partial charge in [0.25, 0.3) is 0 Å². The van der Waals surface area contributed by atoms with Crippen molar-refractivity contribution in [3.8, 4) is 0 Å². The molecule has 1 unspecified atom stereocenters. The van der Waals surface area contributed by atoms with Crippen LogP contribution in [0.25, 0.3) is 0 Å². The van der Waals surface area contributed by atoms with Gasteiger partial charge in [-0.1, -0.05) is 12.1 Å². The fourth-order valence-corrected chi connectivity index (χ4v) is 2.07. The Morgan fingerprint density at radius 3 is 2.61 bits per heavy atom. The van der Waals surface area contributed by atoms with Gasteiger partial charge in [0.1, 0.15) is 0 Å². The Kier molecular flexibility index (Phi) is 3.67. The highest BCUT2D eigenvalue weighted by Gasteiger charge is 2.12. The Hall–Kier alpha value is -1.81. The summed E-state index contributed by atoms with van der Waals surface area (Å²) in [6.45, 7) is 4.83. The van der Waals surface area contributed by atoms with Crippen LogP contribution in [0.15, 0.2) is 30.3 Å². The van der Waals surface area contributed by atoms with E-state index in [2.05, 4.69) is 5.10 Å². The fraction of sp³-hybridized carbons (Fsp3) is 0.357. The minimum atomic E-state index is -0.521. The predicted molar refractivity (Wildman–Crippen MR) is 72.2 cm³/mol. The van der Waals surface area contributed by atoms with Crippen LogP contribution in [-0.2, 0) is 13.0 Å². The van der Waals surface area contributed by atoms with E-state index in [1.807, 2.05) is 36.7 Å². The maximum atomic E-state index is 10.2. The number of nitrogens with two attached hydrogens (primary N) is 1. The Morgan fingerprint density at radius 1 is 1.33 bits per heavy atom. The van der Waals surface area contributed by atoms with Gasteiger partial charge in [-0.2, -0.15) is 5.10 Å². The number of benzene rings is 1. The summed E-state index contributed by atoms with van der Waals surface area (Å²) in [4.78, 5) is 0. The summed E-state index contributed by atoms with van der Waals surface area (Å²) in [6.07, 6.45) is 0.0468. The van der Waals surface area contributed by atoms with E-state index in [0.717, 1.165) is 23.5 Å². The maximum Gasteiger partial charge on any atom is 0.0845 e. The number of aryl methyl sites for hydroxylation is 2. The average molecular weight is 245 g/mol. The molecule has 96 valence electrons. The van der Waals surface area contributed by atoms with Crippen molar-refractivity contribution >= 4 is 5.69 Å². The molecule has 1 aromatic heterocycles. The van der Waals surface area contributed by atoms with Gasteiger partial charge >= 0.3 is 0 Å². The highest BCUT2D eigenvalue weighted by atomic mass is 16.3. The summed E-state index contributed by atoms with van der Waals surface area (Å²) in [5.74, 6) is 0. The zero-order valence-corrected chi connectivity index (χ0v) is 10.8. The summed E-state index contributed by atoms with van der Waals surface area (Å²) < 4.78 is 1.93. The molecule has 0 saturated carbocycles. The first-order chi connectivity index (χ1) is 8.60. The van der Waals surface area contributed by atoms with E-state index in [0.29, 0.717) is 12.1 Å². The monoisotopic (exact) mass is 245 g/mol. The smallest absolute Gasteiger partial charge is 0.0845 e. The molecule has 18 heavy (non-hydrogen) atoms. The first-order valence-electron chi connectivity index (χ1n) is 6.17. The molecule has 0 fully saturated rings. The zero-order chi connectivity index (χ0) is 13.1. The number of hydrogen-bond donors (Lipinski definition) is 2. The van der Waals surface area contributed by atoms with Crippen molar-refractivity contribution in [2.75, 3.05) is 5.73 Å². The molecule has 2 aromatic rings. The lowest BCUT2D eigenvalue weighted by molar-refractivity contribution is 0.175. The van der Waals surface area contributed by atoms with Gasteiger partial charge in [0, 0.05) is 24.3 Å². The van der Waals surface area contributed by atoms with E-state index in [-0.39, 0.29) is 0 Å². The molecule has 0 bridgehead atoms. The normalized spacial score (nSPS) is 12.6. The van der Waals surface area contributed by atoms with Gasteiger partial charge in [0.05, 0.1) is 11.8 Å². The van der Waals surface area contributed by atoms with Crippen molar-refractivity contribution in [3.63, 3.8) is 0 Å². The molecule has 4 heteroatoms. The molecular formula is C14H19N3O. The molecule has 0 saturated heterocycles. The highest BCUT2D eigenvalue weighted by molar-refractivity contribution is 5.40. The fourth-order valence-electron chi connectivity index (χ4n) is 2.07. The van der Waals surface area contributed by atoms with Crippen LogP contribution in [0, 0.1) is 6.92 Å². The number of hydrogen-bond acceptors (Lipinski definition) is 3. The highest BCUT2D eigenvalue weighted by Crippen LogP contribution is 2.20. The van der Waals surface area contributed by atoms with E-state index in [4.69, 9.17) is 5.73 Å². The van der Waals surface area contributed by atoms with Gasteiger partial charge in [-0.3, -0.25) is 4.68 Å². The van der Waals surface area contributed by atoms with Gasteiger partial charge < -0.3 is 10.8 Å². The molecule has 0 aliphatic heterocycles. The van der Waals surface area contributed by atoms with Crippen LogP contribution in [0.2, 0.25) is 0 Å². The Balaban J connectivity index is 2.15. The summed E-state index contributed by atoms with van der Waals surface area (Å²) in [5, 5.41) is 14.6. The molecular weight excluding hydrogens is 226 g/mol. The molecule has 4 nitrogen and oxygen atoms in total. The predicted octanol–water partition coefficient (Wildman–Crippen LogP) is 2.07. The van der Waals surface area contributed by atoms with Crippen LogP contribution in [-0.4, -0.2) is 14.9 Å². The minimum Gasteiger partial charge on any atom is -0.399 e. The second kappa shape index (κ2) is 5.23. The van der Waals surface area contributed by atoms with Crippen LogP contribution in [0.5, 0.6) is 0 Å².